The van der Waals surface area contributed by atoms with Crippen LogP contribution >= 0.6 is 0 Å². The first-order valence-electron chi connectivity index (χ1n) is 7.28. The van der Waals surface area contributed by atoms with Gasteiger partial charge in [0.05, 0.1) is 17.3 Å². The van der Waals surface area contributed by atoms with Gasteiger partial charge in [-0.25, -0.2) is 0 Å². The van der Waals surface area contributed by atoms with Crippen LogP contribution in [0.3, 0.4) is 0 Å². The Balaban J connectivity index is 1.94. The molecule has 5 heteroatoms. The lowest BCUT2D eigenvalue weighted by Crippen LogP contribution is -2.41. The molecule has 2 heterocycles. The van der Waals surface area contributed by atoms with Crippen molar-refractivity contribution in [3.63, 3.8) is 0 Å². The first-order chi connectivity index (χ1) is 9.30. The average Bonchev–Trinajstić information content (AvgIpc) is 3.07. The van der Waals surface area contributed by atoms with E-state index in [4.69, 9.17) is 14.0 Å². The molecule has 2 fully saturated rings. The first-order valence-corrected chi connectivity index (χ1v) is 7.28. The smallest absolute Gasteiger partial charge is 0.491 e. The molecule has 1 saturated carbocycles. The molecule has 1 aliphatic carbocycles. The van der Waals surface area contributed by atoms with Gasteiger partial charge in [-0.3, -0.25) is 4.98 Å². The zero-order valence-corrected chi connectivity index (χ0v) is 12.9. The second-order valence-electron chi connectivity index (χ2n) is 6.71. The Kier molecular flexibility index (Phi) is 3.10. The number of aromatic nitrogens is 1. The Morgan fingerprint density at radius 3 is 2.35 bits per heavy atom. The first kappa shape index (κ1) is 13.9. The van der Waals surface area contributed by atoms with Crippen molar-refractivity contribution < 1.29 is 14.0 Å². The zero-order valence-electron chi connectivity index (χ0n) is 12.9. The van der Waals surface area contributed by atoms with Gasteiger partial charge < -0.3 is 14.0 Å². The van der Waals surface area contributed by atoms with Gasteiger partial charge in [0, 0.05) is 17.4 Å². The highest BCUT2D eigenvalue weighted by atomic mass is 16.7. The Hall–Kier alpha value is -1.07. The van der Waals surface area contributed by atoms with Crippen molar-refractivity contribution in [1.29, 1.82) is 0 Å². The summed E-state index contributed by atoms with van der Waals surface area (Å²) >= 11 is 0. The SMILES string of the molecule is Cc1nccc(OC2CC2)c1B1OC(C)(C)C(C)(C)O1. The van der Waals surface area contributed by atoms with E-state index in [2.05, 4.69) is 32.7 Å². The molecule has 0 radical (unpaired) electrons. The third-order valence-corrected chi connectivity index (χ3v) is 4.46. The molecule has 0 atom stereocenters. The number of rotatable bonds is 3. The van der Waals surface area contributed by atoms with Gasteiger partial charge in [0.15, 0.2) is 0 Å². The van der Waals surface area contributed by atoms with Crippen molar-refractivity contribution >= 4 is 12.6 Å². The fourth-order valence-corrected chi connectivity index (χ4v) is 2.27. The van der Waals surface area contributed by atoms with E-state index in [1.807, 2.05) is 13.0 Å². The Morgan fingerprint density at radius 2 is 1.80 bits per heavy atom. The van der Waals surface area contributed by atoms with E-state index >= 15 is 0 Å². The molecule has 0 N–H and O–H groups in total. The fourth-order valence-electron chi connectivity index (χ4n) is 2.27. The maximum absolute atomic E-state index is 6.13. The third kappa shape index (κ3) is 2.33. The number of pyridine rings is 1. The largest absolute Gasteiger partial charge is 0.500 e. The van der Waals surface area contributed by atoms with E-state index in [0.717, 1.165) is 29.7 Å². The van der Waals surface area contributed by atoms with Gasteiger partial charge in [-0.2, -0.15) is 0 Å². The maximum Gasteiger partial charge on any atom is 0.500 e. The number of hydrogen-bond donors (Lipinski definition) is 0. The summed E-state index contributed by atoms with van der Waals surface area (Å²) in [5.74, 6) is 0.846. The summed E-state index contributed by atoms with van der Waals surface area (Å²) in [6.45, 7) is 10.2. The van der Waals surface area contributed by atoms with Gasteiger partial charge >= 0.3 is 7.12 Å². The Bertz CT molecular complexity index is 510. The summed E-state index contributed by atoms with van der Waals surface area (Å²) in [5.41, 5.74) is 1.13. The molecular weight excluding hydrogens is 253 g/mol. The lowest BCUT2D eigenvalue weighted by Gasteiger charge is -2.32. The summed E-state index contributed by atoms with van der Waals surface area (Å²) in [5, 5.41) is 0. The molecule has 0 aromatic carbocycles. The monoisotopic (exact) mass is 275 g/mol. The quantitative estimate of drug-likeness (QED) is 0.793. The minimum absolute atomic E-state index is 0.345. The second kappa shape index (κ2) is 4.47. The van der Waals surface area contributed by atoms with Gasteiger partial charge in [-0.05, 0) is 53.5 Å². The number of hydrogen-bond acceptors (Lipinski definition) is 4. The third-order valence-electron chi connectivity index (χ3n) is 4.46. The van der Waals surface area contributed by atoms with Crippen LogP contribution in [-0.2, 0) is 9.31 Å². The van der Waals surface area contributed by atoms with Crippen molar-refractivity contribution in [3.05, 3.63) is 18.0 Å². The molecule has 4 nitrogen and oxygen atoms in total. The van der Waals surface area contributed by atoms with Crippen LogP contribution in [-0.4, -0.2) is 29.4 Å². The van der Waals surface area contributed by atoms with Crippen LogP contribution in [0.5, 0.6) is 5.75 Å². The van der Waals surface area contributed by atoms with Crippen LogP contribution in [0.1, 0.15) is 46.2 Å². The molecule has 0 amide bonds. The second-order valence-corrected chi connectivity index (χ2v) is 6.71. The van der Waals surface area contributed by atoms with Crippen LogP contribution in [0.4, 0.5) is 0 Å². The predicted octanol–water partition coefficient (Wildman–Crippen LogP) is 2.23. The number of nitrogens with zero attached hydrogens (tertiary/aromatic N) is 1. The molecule has 2 aliphatic rings. The Labute approximate surface area is 121 Å². The van der Waals surface area contributed by atoms with Gasteiger partial charge in [-0.15, -0.1) is 0 Å². The molecule has 1 saturated heterocycles. The molecule has 1 aromatic rings. The number of ether oxygens (including phenoxy) is 1. The molecule has 0 bridgehead atoms. The summed E-state index contributed by atoms with van der Waals surface area (Å²) in [7, 11) is -0.414. The summed E-state index contributed by atoms with van der Waals surface area (Å²) in [6.07, 6.45) is 4.38. The van der Waals surface area contributed by atoms with Crippen LogP contribution < -0.4 is 10.2 Å². The standard InChI is InChI=1S/C15H22BNO3/c1-10-13(12(8-9-17-10)18-11-6-7-11)16-19-14(2,3)15(4,5)20-16/h8-9,11H,6-7H2,1-5H3. The normalized spacial score (nSPS) is 23.9. The molecule has 20 heavy (non-hydrogen) atoms. The summed E-state index contributed by atoms with van der Waals surface area (Å²) in [6, 6.07) is 1.91. The molecular formula is C15H22BNO3. The maximum atomic E-state index is 6.13. The van der Waals surface area contributed by atoms with Crippen LogP contribution in [0.15, 0.2) is 12.3 Å². The molecule has 0 spiro atoms. The molecule has 108 valence electrons. The summed E-state index contributed by atoms with van der Waals surface area (Å²) < 4.78 is 18.2. The van der Waals surface area contributed by atoms with E-state index in [1.54, 1.807) is 6.20 Å². The van der Waals surface area contributed by atoms with Crippen molar-refractivity contribution in [2.75, 3.05) is 0 Å². The van der Waals surface area contributed by atoms with Crippen LogP contribution in [0.25, 0.3) is 0 Å². The van der Waals surface area contributed by atoms with Crippen LogP contribution in [0, 0.1) is 6.92 Å². The van der Waals surface area contributed by atoms with E-state index < -0.39 is 7.12 Å². The Morgan fingerprint density at radius 1 is 1.20 bits per heavy atom. The molecule has 1 aliphatic heterocycles. The van der Waals surface area contributed by atoms with Crippen LogP contribution in [0.2, 0.25) is 0 Å². The van der Waals surface area contributed by atoms with Crippen molar-refractivity contribution in [1.82, 2.24) is 4.98 Å². The van der Waals surface area contributed by atoms with Crippen molar-refractivity contribution in [2.24, 2.45) is 0 Å². The zero-order chi connectivity index (χ0) is 14.5. The lowest BCUT2D eigenvalue weighted by atomic mass is 9.77. The van der Waals surface area contributed by atoms with E-state index in [0.29, 0.717) is 6.10 Å². The van der Waals surface area contributed by atoms with E-state index in [1.165, 1.54) is 0 Å². The van der Waals surface area contributed by atoms with E-state index in [9.17, 15) is 0 Å². The van der Waals surface area contributed by atoms with Gasteiger partial charge in [0.2, 0.25) is 0 Å². The fraction of sp³-hybridized carbons (Fsp3) is 0.667. The minimum Gasteiger partial charge on any atom is -0.491 e. The average molecular weight is 275 g/mol. The van der Waals surface area contributed by atoms with Gasteiger partial charge in [0.25, 0.3) is 0 Å². The number of aryl methyl sites for hydroxylation is 1. The summed E-state index contributed by atoms with van der Waals surface area (Å²) in [4.78, 5) is 4.37. The highest BCUT2D eigenvalue weighted by Crippen LogP contribution is 2.37. The predicted molar refractivity (Wildman–Crippen MR) is 78.3 cm³/mol. The van der Waals surface area contributed by atoms with E-state index in [-0.39, 0.29) is 11.2 Å². The molecule has 3 rings (SSSR count). The highest BCUT2D eigenvalue weighted by Gasteiger charge is 2.53. The van der Waals surface area contributed by atoms with Crippen molar-refractivity contribution in [2.45, 2.75) is 64.8 Å². The van der Waals surface area contributed by atoms with Gasteiger partial charge in [-0.1, -0.05) is 0 Å². The lowest BCUT2D eigenvalue weighted by molar-refractivity contribution is 0.00578. The highest BCUT2D eigenvalue weighted by molar-refractivity contribution is 6.63. The van der Waals surface area contributed by atoms with Gasteiger partial charge in [0.1, 0.15) is 5.75 Å². The molecule has 1 aromatic heterocycles. The minimum atomic E-state index is -0.414. The topological polar surface area (TPSA) is 40.6 Å². The molecule has 0 unspecified atom stereocenters. The van der Waals surface area contributed by atoms with Crippen molar-refractivity contribution in [3.8, 4) is 5.75 Å².